The van der Waals surface area contributed by atoms with E-state index in [9.17, 15) is 22.8 Å². The molecule has 0 aromatic heterocycles. The number of amides is 2. The largest absolute Gasteiger partial charge is 0.416 e. The van der Waals surface area contributed by atoms with Crippen LogP contribution in [0.5, 0.6) is 0 Å². The smallest absolute Gasteiger partial charge is 0.324 e. The first-order valence-corrected chi connectivity index (χ1v) is 6.11. The molecular formula is C13H13F3N2O2. The molecule has 1 N–H and O–H groups in total. The SMILES string of the molecule is O=C1CCN(C(=O)Nc2cccc(C(F)(F)F)c2)CC1. The normalized spacial score (nSPS) is 16.1. The predicted octanol–water partition coefficient (Wildman–Crippen LogP) is 2.90. The number of rotatable bonds is 1. The van der Waals surface area contributed by atoms with Gasteiger partial charge in [-0.25, -0.2) is 4.79 Å². The van der Waals surface area contributed by atoms with Crippen LogP contribution in [0.2, 0.25) is 0 Å². The highest BCUT2D eigenvalue weighted by Crippen LogP contribution is 2.30. The van der Waals surface area contributed by atoms with Crippen molar-refractivity contribution in [1.82, 2.24) is 4.90 Å². The van der Waals surface area contributed by atoms with Crippen LogP contribution in [0.3, 0.4) is 0 Å². The molecule has 1 saturated heterocycles. The van der Waals surface area contributed by atoms with Crippen LogP contribution in [0.1, 0.15) is 18.4 Å². The lowest BCUT2D eigenvalue weighted by molar-refractivity contribution is -0.137. The second-order valence-corrected chi connectivity index (χ2v) is 4.53. The van der Waals surface area contributed by atoms with Gasteiger partial charge in [-0.15, -0.1) is 0 Å². The van der Waals surface area contributed by atoms with Gasteiger partial charge in [0, 0.05) is 31.6 Å². The van der Waals surface area contributed by atoms with Gasteiger partial charge in [0.1, 0.15) is 5.78 Å². The molecule has 0 aliphatic carbocycles. The fourth-order valence-corrected chi connectivity index (χ4v) is 1.94. The zero-order chi connectivity index (χ0) is 14.8. The molecule has 1 fully saturated rings. The lowest BCUT2D eigenvalue weighted by atomic mass is 10.1. The van der Waals surface area contributed by atoms with Crippen LogP contribution in [0.15, 0.2) is 24.3 Å². The third-order valence-corrected chi connectivity index (χ3v) is 3.05. The van der Waals surface area contributed by atoms with E-state index in [0.29, 0.717) is 13.1 Å². The van der Waals surface area contributed by atoms with Crippen LogP contribution in [-0.2, 0) is 11.0 Å². The summed E-state index contributed by atoms with van der Waals surface area (Å²) in [6.45, 7) is 0.591. The lowest BCUT2D eigenvalue weighted by Gasteiger charge is -2.26. The Bertz CT molecular complexity index is 519. The van der Waals surface area contributed by atoms with Crippen LogP contribution in [0.4, 0.5) is 23.7 Å². The molecule has 0 bridgehead atoms. The summed E-state index contributed by atoms with van der Waals surface area (Å²) in [5, 5.41) is 2.41. The van der Waals surface area contributed by atoms with Crippen molar-refractivity contribution < 1.29 is 22.8 Å². The predicted molar refractivity (Wildman–Crippen MR) is 66.3 cm³/mol. The standard InChI is InChI=1S/C13H13F3N2O2/c14-13(15,16)9-2-1-3-10(8-9)17-12(20)18-6-4-11(19)5-7-18/h1-3,8H,4-7H2,(H,17,20). The van der Waals surface area contributed by atoms with Crippen molar-refractivity contribution >= 4 is 17.5 Å². The summed E-state index contributed by atoms with van der Waals surface area (Å²) >= 11 is 0. The molecule has 1 aliphatic heterocycles. The molecule has 20 heavy (non-hydrogen) atoms. The van der Waals surface area contributed by atoms with Crippen LogP contribution in [-0.4, -0.2) is 29.8 Å². The Labute approximate surface area is 113 Å². The first-order valence-electron chi connectivity index (χ1n) is 6.11. The average Bonchev–Trinajstić information content (AvgIpc) is 2.38. The van der Waals surface area contributed by atoms with E-state index in [2.05, 4.69) is 5.32 Å². The number of hydrogen-bond acceptors (Lipinski definition) is 2. The second kappa shape index (κ2) is 5.52. The molecule has 1 aromatic carbocycles. The number of anilines is 1. The lowest BCUT2D eigenvalue weighted by Crippen LogP contribution is -2.41. The highest BCUT2D eigenvalue weighted by Gasteiger charge is 2.30. The van der Waals surface area contributed by atoms with Gasteiger partial charge in [0.15, 0.2) is 0 Å². The molecule has 1 aromatic rings. The van der Waals surface area contributed by atoms with Crippen molar-refractivity contribution in [3.63, 3.8) is 0 Å². The summed E-state index contributed by atoms with van der Waals surface area (Å²) in [6.07, 6.45) is -3.87. The monoisotopic (exact) mass is 286 g/mol. The molecular weight excluding hydrogens is 273 g/mol. The van der Waals surface area contributed by atoms with Gasteiger partial charge in [-0.3, -0.25) is 4.79 Å². The number of Topliss-reactive ketones (excluding diaryl/α,β-unsaturated/α-hetero) is 1. The quantitative estimate of drug-likeness (QED) is 0.863. The number of halogens is 3. The number of nitrogens with one attached hydrogen (secondary N) is 1. The van der Waals surface area contributed by atoms with Gasteiger partial charge in [-0.2, -0.15) is 13.2 Å². The molecule has 0 atom stereocenters. The van der Waals surface area contributed by atoms with Crippen molar-refractivity contribution in [2.75, 3.05) is 18.4 Å². The molecule has 7 heteroatoms. The number of urea groups is 1. The molecule has 1 aliphatic rings. The molecule has 0 saturated carbocycles. The van der Waals surface area contributed by atoms with Gasteiger partial charge >= 0.3 is 12.2 Å². The summed E-state index contributed by atoms with van der Waals surface area (Å²) in [5.41, 5.74) is -0.731. The van der Waals surface area contributed by atoms with Crippen molar-refractivity contribution in [2.45, 2.75) is 19.0 Å². The Morgan fingerprint density at radius 2 is 1.85 bits per heavy atom. The zero-order valence-corrected chi connectivity index (χ0v) is 10.5. The Hall–Kier alpha value is -2.05. The van der Waals surface area contributed by atoms with Gasteiger partial charge < -0.3 is 10.2 Å². The minimum absolute atomic E-state index is 0.0849. The number of likely N-dealkylation sites (tertiary alicyclic amines) is 1. The molecule has 1 heterocycles. The van der Waals surface area contributed by atoms with Gasteiger partial charge in [0.25, 0.3) is 0 Å². The summed E-state index contributed by atoms with van der Waals surface area (Å²) in [5.74, 6) is 0.0909. The van der Waals surface area contributed by atoms with Crippen LogP contribution >= 0.6 is 0 Å². The molecule has 2 rings (SSSR count). The van der Waals surface area contributed by atoms with E-state index in [4.69, 9.17) is 0 Å². The van der Waals surface area contributed by atoms with Crippen molar-refractivity contribution in [2.24, 2.45) is 0 Å². The number of carbonyl (C=O) groups is 2. The summed E-state index contributed by atoms with van der Waals surface area (Å²) in [6, 6.07) is 3.96. The molecule has 108 valence electrons. The fraction of sp³-hybridized carbons (Fsp3) is 0.385. The van der Waals surface area contributed by atoms with E-state index in [1.165, 1.54) is 17.0 Å². The van der Waals surface area contributed by atoms with Crippen LogP contribution in [0.25, 0.3) is 0 Å². The van der Waals surface area contributed by atoms with Crippen molar-refractivity contribution in [3.8, 4) is 0 Å². The Morgan fingerprint density at radius 3 is 2.45 bits per heavy atom. The molecule has 0 radical (unpaired) electrons. The van der Waals surface area contributed by atoms with Gasteiger partial charge in [0.05, 0.1) is 5.56 Å². The number of benzene rings is 1. The molecule has 4 nitrogen and oxygen atoms in total. The molecule has 0 spiro atoms. The minimum Gasteiger partial charge on any atom is -0.324 e. The van der Waals surface area contributed by atoms with E-state index in [1.807, 2.05) is 0 Å². The second-order valence-electron chi connectivity index (χ2n) is 4.53. The van der Waals surface area contributed by atoms with E-state index < -0.39 is 17.8 Å². The van der Waals surface area contributed by atoms with E-state index in [-0.39, 0.29) is 24.3 Å². The summed E-state index contributed by atoms with van der Waals surface area (Å²) in [7, 11) is 0. The number of carbonyl (C=O) groups excluding carboxylic acids is 2. The van der Waals surface area contributed by atoms with Gasteiger partial charge in [-0.05, 0) is 18.2 Å². The van der Waals surface area contributed by atoms with Crippen LogP contribution in [0, 0.1) is 0 Å². The van der Waals surface area contributed by atoms with E-state index in [1.54, 1.807) is 0 Å². The fourth-order valence-electron chi connectivity index (χ4n) is 1.94. The average molecular weight is 286 g/mol. The highest BCUT2D eigenvalue weighted by molar-refractivity contribution is 5.91. The number of alkyl halides is 3. The van der Waals surface area contributed by atoms with Gasteiger partial charge in [0.2, 0.25) is 0 Å². The highest BCUT2D eigenvalue weighted by atomic mass is 19.4. The van der Waals surface area contributed by atoms with E-state index in [0.717, 1.165) is 12.1 Å². The maximum atomic E-state index is 12.5. The summed E-state index contributed by atoms with van der Waals surface area (Å²) in [4.78, 5) is 24.3. The number of ketones is 1. The number of piperidine rings is 1. The third kappa shape index (κ3) is 3.49. The summed E-state index contributed by atoms with van der Waals surface area (Å²) < 4.78 is 37.6. The minimum atomic E-state index is -4.45. The Kier molecular flexibility index (Phi) is 3.96. The number of nitrogens with zero attached hydrogens (tertiary/aromatic N) is 1. The first-order chi connectivity index (χ1) is 9.36. The number of hydrogen-bond donors (Lipinski definition) is 1. The zero-order valence-electron chi connectivity index (χ0n) is 10.5. The Morgan fingerprint density at radius 1 is 1.20 bits per heavy atom. The molecule has 2 amide bonds. The van der Waals surface area contributed by atoms with Crippen LogP contribution < -0.4 is 5.32 Å². The molecule has 0 unspecified atom stereocenters. The Balaban J connectivity index is 2.03. The van der Waals surface area contributed by atoms with Crippen molar-refractivity contribution in [3.05, 3.63) is 29.8 Å². The maximum Gasteiger partial charge on any atom is 0.416 e. The van der Waals surface area contributed by atoms with E-state index >= 15 is 0 Å². The first kappa shape index (κ1) is 14.4. The van der Waals surface area contributed by atoms with Gasteiger partial charge in [-0.1, -0.05) is 6.07 Å². The third-order valence-electron chi connectivity index (χ3n) is 3.05. The topological polar surface area (TPSA) is 49.4 Å². The van der Waals surface area contributed by atoms with Crippen molar-refractivity contribution in [1.29, 1.82) is 0 Å². The maximum absolute atomic E-state index is 12.5.